The third-order valence-electron chi connectivity index (χ3n) is 4.58. The minimum absolute atomic E-state index is 0.0455. The molecule has 0 spiro atoms. The summed E-state index contributed by atoms with van der Waals surface area (Å²) in [6.07, 6.45) is -2.19. The lowest BCUT2D eigenvalue weighted by Crippen LogP contribution is -2.31. The highest BCUT2D eigenvalue weighted by molar-refractivity contribution is 5.89. The van der Waals surface area contributed by atoms with Crippen LogP contribution in [0.5, 0.6) is 11.5 Å². The molecule has 0 bridgehead atoms. The van der Waals surface area contributed by atoms with Gasteiger partial charge in [0.2, 0.25) is 0 Å². The van der Waals surface area contributed by atoms with Crippen LogP contribution in [0.2, 0.25) is 0 Å². The standard InChI is InChI=1S/C20H19F5N4O3/c1-10(20(23,24)25)12-9-28-18-16(12)15(3-4-26-18)32-17-13(21)7-11(8-14(17)22)29-19(30)27-5-6-31-2/h3-4,7-10H,5-6H2,1-2H3,(H,26,28)(H2,27,29,30). The first-order valence-electron chi connectivity index (χ1n) is 9.35. The van der Waals surface area contributed by atoms with Crippen molar-refractivity contribution in [3.05, 3.63) is 47.8 Å². The first-order chi connectivity index (χ1) is 15.1. The lowest BCUT2D eigenvalue weighted by molar-refractivity contribution is -0.146. The van der Waals surface area contributed by atoms with Crippen LogP contribution in [-0.2, 0) is 4.74 Å². The van der Waals surface area contributed by atoms with E-state index in [1.165, 1.54) is 19.4 Å². The molecule has 2 aromatic heterocycles. The van der Waals surface area contributed by atoms with Crippen molar-refractivity contribution in [3.8, 4) is 11.5 Å². The van der Waals surface area contributed by atoms with Gasteiger partial charge in [0.25, 0.3) is 0 Å². The van der Waals surface area contributed by atoms with E-state index in [0.717, 1.165) is 25.3 Å². The fourth-order valence-corrected chi connectivity index (χ4v) is 2.94. The number of carbonyl (C=O) groups is 1. The number of hydrogen-bond acceptors (Lipinski definition) is 4. The summed E-state index contributed by atoms with van der Waals surface area (Å²) in [5, 5.41) is 4.63. The number of H-pyrrole nitrogens is 1. The number of urea groups is 1. The van der Waals surface area contributed by atoms with Crippen LogP contribution in [-0.4, -0.2) is 42.4 Å². The molecule has 3 N–H and O–H groups in total. The number of nitrogens with one attached hydrogen (secondary N) is 3. The zero-order valence-electron chi connectivity index (χ0n) is 16.9. The highest BCUT2D eigenvalue weighted by Crippen LogP contribution is 2.42. The summed E-state index contributed by atoms with van der Waals surface area (Å²) < 4.78 is 78.9. The molecule has 12 heteroatoms. The predicted octanol–water partition coefficient (Wildman–Crippen LogP) is 5.07. The number of rotatable bonds is 7. The van der Waals surface area contributed by atoms with Gasteiger partial charge in [-0.2, -0.15) is 13.2 Å². The van der Waals surface area contributed by atoms with Crippen molar-refractivity contribution >= 4 is 22.8 Å². The van der Waals surface area contributed by atoms with E-state index in [9.17, 15) is 26.7 Å². The molecule has 2 amide bonds. The number of aromatic amines is 1. The third-order valence-corrected chi connectivity index (χ3v) is 4.58. The van der Waals surface area contributed by atoms with Gasteiger partial charge in [0.05, 0.1) is 17.9 Å². The predicted molar refractivity (Wildman–Crippen MR) is 106 cm³/mol. The van der Waals surface area contributed by atoms with Gasteiger partial charge in [-0.1, -0.05) is 0 Å². The van der Waals surface area contributed by atoms with E-state index < -0.39 is 35.5 Å². The number of anilines is 1. The van der Waals surface area contributed by atoms with Gasteiger partial charge in [0.15, 0.2) is 17.4 Å². The van der Waals surface area contributed by atoms with Crippen molar-refractivity contribution in [2.24, 2.45) is 0 Å². The molecule has 7 nitrogen and oxygen atoms in total. The number of amides is 2. The maximum atomic E-state index is 14.6. The van der Waals surface area contributed by atoms with Crippen molar-refractivity contribution in [1.82, 2.24) is 15.3 Å². The van der Waals surface area contributed by atoms with E-state index >= 15 is 0 Å². The number of nitrogens with zero attached hydrogens (tertiary/aromatic N) is 1. The first-order valence-corrected chi connectivity index (χ1v) is 9.35. The quantitative estimate of drug-likeness (QED) is 0.341. The van der Waals surface area contributed by atoms with Crippen molar-refractivity contribution in [2.75, 3.05) is 25.6 Å². The summed E-state index contributed by atoms with van der Waals surface area (Å²) in [7, 11) is 1.44. The van der Waals surface area contributed by atoms with Crippen LogP contribution in [0.4, 0.5) is 32.4 Å². The number of ether oxygens (including phenoxy) is 2. The van der Waals surface area contributed by atoms with Gasteiger partial charge < -0.3 is 25.1 Å². The SMILES string of the molecule is COCCNC(=O)Nc1cc(F)c(Oc2ccnc3[nH]cc(C(C)C(F)(F)F)c23)c(F)c1. The summed E-state index contributed by atoms with van der Waals surface area (Å²) in [6.45, 7) is 1.39. The van der Waals surface area contributed by atoms with E-state index in [1.54, 1.807) is 0 Å². The van der Waals surface area contributed by atoms with Gasteiger partial charge in [-0.15, -0.1) is 0 Å². The molecule has 3 aromatic rings. The molecule has 3 rings (SSSR count). The Morgan fingerprint density at radius 3 is 2.56 bits per heavy atom. The topological polar surface area (TPSA) is 88.3 Å². The Morgan fingerprint density at radius 1 is 1.25 bits per heavy atom. The Kier molecular flexibility index (Phi) is 6.82. The minimum Gasteiger partial charge on any atom is -0.450 e. The van der Waals surface area contributed by atoms with Gasteiger partial charge >= 0.3 is 12.2 Å². The molecule has 0 saturated heterocycles. The molecule has 172 valence electrons. The van der Waals surface area contributed by atoms with Gasteiger partial charge in [-0.3, -0.25) is 0 Å². The Balaban J connectivity index is 1.89. The summed E-state index contributed by atoms with van der Waals surface area (Å²) >= 11 is 0. The zero-order chi connectivity index (χ0) is 23.5. The molecule has 32 heavy (non-hydrogen) atoms. The Labute approximate surface area is 178 Å². The van der Waals surface area contributed by atoms with Gasteiger partial charge in [-0.05, 0) is 18.6 Å². The maximum absolute atomic E-state index is 14.6. The fourth-order valence-electron chi connectivity index (χ4n) is 2.94. The molecule has 2 heterocycles. The van der Waals surface area contributed by atoms with Crippen LogP contribution in [0.25, 0.3) is 11.0 Å². The summed E-state index contributed by atoms with van der Waals surface area (Å²) in [5.41, 5.74) is -0.293. The number of carbonyl (C=O) groups excluding carboxylic acids is 1. The molecule has 0 radical (unpaired) electrons. The van der Waals surface area contributed by atoms with E-state index in [4.69, 9.17) is 9.47 Å². The molecule has 0 fully saturated rings. The molecular weight excluding hydrogens is 439 g/mol. The highest BCUT2D eigenvalue weighted by atomic mass is 19.4. The molecular formula is C20H19F5N4O3. The van der Waals surface area contributed by atoms with E-state index in [1.807, 2.05) is 0 Å². The van der Waals surface area contributed by atoms with Crippen LogP contribution in [0.3, 0.4) is 0 Å². The van der Waals surface area contributed by atoms with Crippen molar-refractivity contribution in [3.63, 3.8) is 0 Å². The Morgan fingerprint density at radius 2 is 1.94 bits per heavy atom. The van der Waals surface area contributed by atoms with Gasteiger partial charge in [-0.25, -0.2) is 18.6 Å². The van der Waals surface area contributed by atoms with Gasteiger partial charge in [0, 0.05) is 43.9 Å². The molecule has 0 aliphatic rings. The average molecular weight is 458 g/mol. The van der Waals surface area contributed by atoms with Crippen molar-refractivity contribution in [2.45, 2.75) is 19.0 Å². The number of halogens is 5. The fraction of sp³-hybridized carbons (Fsp3) is 0.300. The third kappa shape index (κ3) is 5.07. The number of hydrogen-bond donors (Lipinski definition) is 3. The number of alkyl halides is 3. The van der Waals surface area contributed by atoms with Crippen LogP contribution in [0.15, 0.2) is 30.6 Å². The summed E-state index contributed by atoms with van der Waals surface area (Å²) in [5.74, 6) is -5.25. The summed E-state index contributed by atoms with van der Waals surface area (Å²) in [6, 6.07) is 2.15. The largest absolute Gasteiger partial charge is 0.450 e. The molecule has 0 aliphatic heterocycles. The monoisotopic (exact) mass is 458 g/mol. The maximum Gasteiger partial charge on any atom is 0.395 e. The van der Waals surface area contributed by atoms with Crippen LogP contribution < -0.4 is 15.4 Å². The lowest BCUT2D eigenvalue weighted by Gasteiger charge is -2.16. The number of pyridine rings is 1. The number of fused-ring (bicyclic) bond motifs is 1. The Hall–Kier alpha value is -3.41. The van der Waals surface area contributed by atoms with Gasteiger partial charge in [0.1, 0.15) is 11.4 Å². The van der Waals surface area contributed by atoms with Crippen LogP contribution >= 0.6 is 0 Å². The molecule has 1 unspecified atom stereocenters. The molecule has 0 aliphatic carbocycles. The van der Waals surface area contributed by atoms with E-state index in [0.29, 0.717) is 0 Å². The number of aromatic nitrogens is 2. The second-order valence-corrected chi connectivity index (χ2v) is 6.78. The average Bonchev–Trinajstić information content (AvgIpc) is 3.14. The van der Waals surface area contributed by atoms with E-state index in [-0.39, 0.29) is 41.2 Å². The smallest absolute Gasteiger partial charge is 0.395 e. The molecule has 1 atom stereocenters. The zero-order valence-corrected chi connectivity index (χ0v) is 16.9. The number of benzene rings is 1. The molecule has 0 saturated carbocycles. The number of methoxy groups -OCH3 is 1. The lowest BCUT2D eigenvalue weighted by atomic mass is 10.0. The van der Waals surface area contributed by atoms with Crippen molar-refractivity contribution in [1.29, 1.82) is 0 Å². The van der Waals surface area contributed by atoms with E-state index in [2.05, 4.69) is 20.6 Å². The normalized spacial score (nSPS) is 12.6. The summed E-state index contributed by atoms with van der Waals surface area (Å²) in [4.78, 5) is 18.3. The second kappa shape index (κ2) is 9.39. The van der Waals surface area contributed by atoms with Crippen LogP contribution in [0, 0.1) is 11.6 Å². The first kappa shape index (κ1) is 23.3. The molecule has 1 aromatic carbocycles. The highest BCUT2D eigenvalue weighted by Gasteiger charge is 2.39. The van der Waals surface area contributed by atoms with Crippen LogP contribution in [0.1, 0.15) is 18.4 Å². The van der Waals surface area contributed by atoms with Crippen molar-refractivity contribution < 1.29 is 36.2 Å². The minimum atomic E-state index is -4.55. The Bertz CT molecular complexity index is 1090. The second-order valence-electron chi connectivity index (χ2n) is 6.78.